The highest BCUT2D eigenvalue weighted by atomic mass is 16.5. The van der Waals surface area contributed by atoms with Crippen LogP contribution in [0.25, 0.3) is 0 Å². The Morgan fingerprint density at radius 2 is 1.79 bits per heavy atom. The lowest BCUT2D eigenvalue weighted by molar-refractivity contribution is -0.127. The van der Waals surface area contributed by atoms with Crippen LogP contribution < -0.4 is 10.1 Å². The first-order valence-corrected chi connectivity index (χ1v) is 8.56. The zero-order valence-electron chi connectivity index (χ0n) is 15.0. The van der Waals surface area contributed by atoms with Crippen LogP contribution in [0.2, 0.25) is 0 Å². The Labute approximate surface area is 145 Å². The highest BCUT2D eigenvalue weighted by Crippen LogP contribution is 2.28. The molecule has 0 fully saturated rings. The summed E-state index contributed by atoms with van der Waals surface area (Å²) in [7, 11) is 0. The lowest BCUT2D eigenvalue weighted by Gasteiger charge is -2.19. The Morgan fingerprint density at radius 3 is 2.46 bits per heavy atom. The monoisotopic (exact) mass is 325 g/mol. The van der Waals surface area contributed by atoms with Gasteiger partial charge in [0.2, 0.25) is 0 Å². The fraction of sp³-hybridized carbons (Fsp3) is 0.381. The molecule has 0 bridgehead atoms. The van der Waals surface area contributed by atoms with Gasteiger partial charge in [-0.05, 0) is 48.9 Å². The second-order valence-corrected chi connectivity index (χ2v) is 6.48. The largest absolute Gasteiger partial charge is 0.481 e. The first-order valence-electron chi connectivity index (χ1n) is 8.56. The first kappa shape index (κ1) is 18.1. The molecular weight excluding hydrogens is 298 g/mol. The van der Waals surface area contributed by atoms with Crippen molar-refractivity contribution in [3.63, 3.8) is 0 Å². The summed E-state index contributed by atoms with van der Waals surface area (Å²) in [4.78, 5) is 12.3. The van der Waals surface area contributed by atoms with Crippen molar-refractivity contribution >= 4 is 5.91 Å². The van der Waals surface area contributed by atoms with E-state index >= 15 is 0 Å². The fourth-order valence-electron chi connectivity index (χ4n) is 2.58. The molecule has 0 aromatic heterocycles. The molecule has 2 aromatic carbocycles. The van der Waals surface area contributed by atoms with Crippen LogP contribution in [-0.4, -0.2) is 18.6 Å². The zero-order chi connectivity index (χ0) is 17.5. The molecule has 2 aromatic rings. The molecule has 0 unspecified atom stereocenters. The van der Waals surface area contributed by atoms with Crippen molar-refractivity contribution in [1.82, 2.24) is 5.32 Å². The Kier molecular flexibility index (Phi) is 6.42. The van der Waals surface area contributed by atoms with E-state index in [9.17, 15) is 4.79 Å². The van der Waals surface area contributed by atoms with Crippen LogP contribution in [0.3, 0.4) is 0 Å². The molecule has 1 N–H and O–H groups in total. The van der Waals surface area contributed by atoms with Crippen LogP contribution in [-0.2, 0) is 11.2 Å². The molecule has 0 heterocycles. The minimum atomic E-state index is -0.514. The highest BCUT2D eigenvalue weighted by molar-refractivity contribution is 5.80. The number of carbonyl (C=O) groups excluding carboxylic acids is 1. The molecule has 3 heteroatoms. The van der Waals surface area contributed by atoms with Gasteiger partial charge >= 0.3 is 0 Å². The summed E-state index contributed by atoms with van der Waals surface area (Å²) in [6.45, 7) is 8.69. The van der Waals surface area contributed by atoms with Crippen LogP contribution in [0, 0.1) is 6.92 Å². The molecule has 0 aliphatic carbocycles. The molecule has 1 amide bonds. The third-order valence-corrected chi connectivity index (χ3v) is 4.02. The van der Waals surface area contributed by atoms with Crippen molar-refractivity contribution in [3.8, 4) is 5.75 Å². The Balaban J connectivity index is 1.91. The van der Waals surface area contributed by atoms with Crippen molar-refractivity contribution in [3.05, 3.63) is 65.2 Å². The third-order valence-electron chi connectivity index (χ3n) is 4.02. The SMILES string of the molecule is Cc1ccc(C(C)C)c(O[C@H](C)C(=O)NCCc2ccccc2)c1. The van der Waals surface area contributed by atoms with E-state index in [1.54, 1.807) is 6.92 Å². The van der Waals surface area contributed by atoms with Crippen LogP contribution >= 0.6 is 0 Å². The van der Waals surface area contributed by atoms with Gasteiger partial charge in [-0.2, -0.15) is 0 Å². The van der Waals surface area contributed by atoms with Gasteiger partial charge < -0.3 is 10.1 Å². The van der Waals surface area contributed by atoms with E-state index in [4.69, 9.17) is 4.74 Å². The molecule has 2 rings (SSSR count). The highest BCUT2D eigenvalue weighted by Gasteiger charge is 2.17. The van der Waals surface area contributed by atoms with E-state index in [0.29, 0.717) is 12.5 Å². The van der Waals surface area contributed by atoms with Crippen molar-refractivity contribution < 1.29 is 9.53 Å². The molecule has 0 aliphatic heterocycles. The van der Waals surface area contributed by atoms with E-state index in [2.05, 4.69) is 43.4 Å². The van der Waals surface area contributed by atoms with Crippen molar-refractivity contribution in [2.45, 2.75) is 46.1 Å². The zero-order valence-corrected chi connectivity index (χ0v) is 15.0. The number of hydrogen-bond acceptors (Lipinski definition) is 2. The van der Waals surface area contributed by atoms with Crippen LogP contribution in [0.15, 0.2) is 48.5 Å². The molecule has 1 atom stereocenters. The maximum atomic E-state index is 12.3. The summed E-state index contributed by atoms with van der Waals surface area (Å²) in [6, 6.07) is 16.3. The predicted molar refractivity (Wildman–Crippen MR) is 98.5 cm³/mol. The topological polar surface area (TPSA) is 38.3 Å². The number of rotatable bonds is 7. The molecular formula is C21H27NO2. The average molecular weight is 325 g/mol. The average Bonchev–Trinajstić information content (AvgIpc) is 2.55. The van der Waals surface area contributed by atoms with Gasteiger partial charge in [-0.15, -0.1) is 0 Å². The van der Waals surface area contributed by atoms with E-state index in [0.717, 1.165) is 23.3 Å². The van der Waals surface area contributed by atoms with E-state index in [1.807, 2.05) is 31.2 Å². The maximum absolute atomic E-state index is 12.3. The maximum Gasteiger partial charge on any atom is 0.260 e. The lowest BCUT2D eigenvalue weighted by atomic mass is 10.0. The summed E-state index contributed by atoms with van der Waals surface area (Å²) < 4.78 is 5.94. The van der Waals surface area contributed by atoms with Crippen LogP contribution in [0.4, 0.5) is 0 Å². The standard InChI is InChI=1S/C21H27NO2/c1-15(2)19-11-10-16(3)14-20(19)24-17(4)21(23)22-13-12-18-8-6-5-7-9-18/h5-11,14-15,17H,12-13H2,1-4H3,(H,22,23)/t17-/m1/s1. The van der Waals surface area contributed by atoms with E-state index in [1.165, 1.54) is 5.56 Å². The minimum absolute atomic E-state index is 0.0813. The fourth-order valence-corrected chi connectivity index (χ4v) is 2.58. The summed E-state index contributed by atoms with van der Waals surface area (Å²) in [5.41, 5.74) is 3.47. The van der Waals surface area contributed by atoms with Crippen molar-refractivity contribution in [2.24, 2.45) is 0 Å². The number of nitrogens with one attached hydrogen (secondary N) is 1. The summed E-state index contributed by atoms with van der Waals surface area (Å²) >= 11 is 0. The van der Waals surface area contributed by atoms with Crippen molar-refractivity contribution in [2.75, 3.05) is 6.54 Å². The molecule has 0 aliphatic rings. The molecule has 24 heavy (non-hydrogen) atoms. The third kappa shape index (κ3) is 5.12. The Morgan fingerprint density at radius 1 is 1.08 bits per heavy atom. The number of aryl methyl sites for hydroxylation is 1. The van der Waals surface area contributed by atoms with E-state index in [-0.39, 0.29) is 5.91 Å². The van der Waals surface area contributed by atoms with Gasteiger partial charge in [0.25, 0.3) is 5.91 Å². The summed E-state index contributed by atoms with van der Waals surface area (Å²) in [5, 5.41) is 2.95. The molecule has 3 nitrogen and oxygen atoms in total. The lowest BCUT2D eigenvalue weighted by Crippen LogP contribution is -2.37. The van der Waals surface area contributed by atoms with Gasteiger partial charge in [0, 0.05) is 6.54 Å². The molecule has 0 saturated heterocycles. The minimum Gasteiger partial charge on any atom is -0.481 e. The molecule has 0 saturated carbocycles. The second-order valence-electron chi connectivity index (χ2n) is 6.48. The molecule has 128 valence electrons. The van der Waals surface area contributed by atoms with Gasteiger partial charge in [-0.25, -0.2) is 0 Å². The van der Waals surface area contributed by atoms with Gasteiger partial charge in [-0.3, -0.25) is 4.79 Å². The Bertz CT molecular complexity index is 665. The van der Waals surface area contributed by atoms with Crippen LogP contribution in [0.1, 0.15) is 43.4 Å². The quantitative estimate of drug-likeness (QED) is 0.826. The van der Waals surface area contributed by atoms with Gasteiger partial charge in [0.05, 0.1) is 0 Å². The number of carbonyl (C=O) groups is 1. The molecule has 0 spiro atoms. The Hall–Kier alpha value is -2.29. The second kappa shape index (κ2) is 8.53. The summed E-state index contributed by atoms with van der Waals surface area (Å²) in [6.07, 6.45) is 0.307. The van der Waals surface area contributed by atoms with E-state index < -0.39 is 6.10 Å². The smallest absolute Gasteiger partial charge is 0.260 e. The van der Waals surface area contributed by atoms with Crippen LogP contribution in [0.5, 0.6) is 5.75 Å². The number of amides is 1. The predicted octanol–water partition coefficient (Wildman–Crippen LogP) is 4.24. The van der Waals surface area contributed by atoms with Crippen molar-refractivity contribution in [1.29, 1.82) is 0 Å². The van der Waals surface area contributed by atoms with Gasteiger partial charge in [0.1, 0.15) is 5.75 Å². The van der Waals surface area contributed by atoms with Gasteiger partial charge in [0.15, 0.2) is 6.10 Å². The van der Waals surface area contributed by atoms with Gasteiger partial charge in [-0.1, -0.05) is 56.3 Å². The molecule has 0 radical (unpaired) electrons. The number of ether oxygens (including phenoxy) is 1. The first-order chi connectivity index (χ1) is 11.5. The summed E-state index contributed by atoms with van der Waals surface area (Å²) in [5.74, 6) is 1.08. The normalized spacial score (nSPS) is 12.0. The number of benzene rings is 2. The number of hydrogen-bond donors (Lipinski definition) is 1.